The maximum Gasteiger partial charge on any atom is 0.330 e. The molecule has 0 atom stereocenters. The summed E-state index contributed by atoms with van der Waals surface area (Å²) >= 11 is 5.95. The summed E-state index contributed by atoms with van der Waals surface area (Å²) in [6.45, 7) is 4.31. The molecule has 4 nitrogen and oxygen atoms in total. The summed E-state index contributed by atoms with van der Waals surface area (Å²) in [5.74, 6) is 0. The second kappa shape index (κ2) is 7.53. The van der Waals surface area contributed by atoms with Gasteiger partial charge in [0, 0.05) is 19.3 Å². The van der Waals surface area contributed by atoms with Gasteiger partial charge in [-0.1, -0.05) is 50.6 Å². The van der Waals surface area contributed by atoms with Gasteiger partial charge in [-0.2, -0.15) is 0 Å². The molecule has 0 spiro atoms. The van der Waals surface area contributed by atoms with Gasteiger partial charge < -0.3 is 0 Å². The Hall–Kier alpha value is -1.03. The Balaban J connectivity index is 2.70. The van der Waals surface area contributed by atoms with Gasteiger partial charge in [-0.25, -0.2) is 4.79 Å². The predicted molar refractivity (Wildman–Crippen MR) is 79.1 cm³/mol. The van der Waals surface area contributed by atoms with Crippen molar-refractivity contribution in [3.63, 3.8) is 0 Å². The molecule has 5 heteroatoms. The summed E-state index contributed by atoms with van der Waals surface area (Å²) in [5, 5.41) is 0.146. The molecular weight excluding hydrogens is 264 g/mol. The number of unbranched alkanes of at least 4 members (excludes halogenated alkanes) is 5. The van der Waals surface area contributed by atoms with E-state index in [-0.39, 0.29) is 16.3 Å². The van der Waals surface area contributed by atoms with Gasteiger partial charge >= 0.3 is 5.69 Å². The topological polar surface area (TPSA) is 44.0 Å². The molecule has 19 heavy (non-hydrogen) atoms. The van der Waals surface area contributed by atoms with E-state index in [2.05, 4.69) is 6.92 Å². The zero-order valence-electron chi connectivity index (χ0n) is 12.0. The van der Waals surface area contributed by atoms with Gasteiger partial charge in [0.15, 0.2) is 0 Å². The minimum atomic E-state index is -0.365. The molecule has 0 aromatic carbocycles. The van der Waals surface area contributed by atoms with E-state index < -0.39 is 0 Å². The maximum absolute atomic E-state index is 12.0. The van der Waals surface area contributed by atoms with Crippen LogP contribution in [0.1, 0.15) is 51.1 Å². The average Bonchev–Trinajstić information content (AvgIpc) is 2.41. The lowest BCUT2D eigenvalue weighted by atomic mass is 10.1. The van der Waals surface area contributed by atoms with Crippen LogP contribution in [0.15, 0.2) is 9.59 Å². The molecule has 0 unspecified atom stereocenters. The van der Waals surface area contributed by atoms with Gasteiger partial charge in [0.05, 0.1) is 0 Å². The number of hydrogen-bond acceptors (Lipinski definition) is 2. The number of nitrogens with zero attached hydrogens (tertiary/aromatic N) is 2. The van der Waals surface area contributed by atoms with Crippen LogP contribution in [0.5, 0.6) is 0 Å². The summed E-state index contributed by atoms with van der Waals surface area (Å²) in [5.41, 5.74) is -0.118. The Kier molecular flexibility index (Phi) is 6.35. The van der Waals surface area contributed by atoms with Gasteiger partial charge in [-0.15, -0.1) is 0 Å². The van der Waals surface area contributed by atoms with Crippen LogP contribution in [0.3, 0.4) is 0 Å². The van der Waals surface area contributed by atoms with Crippen LogP contribution in [0.2, 0.25) is 5.02 Å². The first-order chi connectivity index (χ1) is 9.00. The molecule has 1 aromatic heterocycles. The Morgan fingerprint density at radius 2 is 1.63 bits per heavy atom. The predicted octanol–water partition coefficient (Wildman–Crippen LogP) is 2.87. The molecule has 108 valence electrons. The minimum Gasteiger partial charge on any atom is -0.299 e. The highest BCUT2D eigenvalue weighted by Gasteiger charge is 2.11. The van der Waals surface area contributed by atoms with Crippen LogP contribution >= 0.6 is 11.6 Å². The Morgan fingerprint density at radius 3 is 2.26 bits per heavy atom. The van der Waals surface area contributed by atoms with Crippen LogP contribution < -0.4 is 11.2 Å². The van der Waals surface area contributed by atoms with E-state index >= 15 is 0 Å². The number of halogens is 1. The molecule has 1 heterocycles. The molecular formula is C14H23ClN2O2. The summed E-state index contributed by atoms with van der Waals surface area (Å²) in [7, 11) is 1.64. The third-order valence-electron chi connectivity index (χ3n) is 3.51. The largest absolute Gasteiger partial charge is 0.330 e. The average molecular weight is 287 g/mol. The summed E-state index contributed by atoms with van der Waals surface area (Å²) < 4.78 is 2.68. The van der Waals surface area contributed by atoms with Gasteiger partial charge in [-0.05, 0) is 13.3 Å². The molecule has 0 fully saturated rings. The minimum absolute atomic E-state index is 0.146. The van der Waals surface area contributed by atoms with Crippen molar-refractivity contribution < 1.29 is 0 Å². The summed E-state index contributed by atoms with van der Waals surface area (Å²) in [6, 6.07) is 0. The quantitative estimate of drug-likeness (QED) is 0.724. The van der Waals surface area contributed by atoms with E-state index in [1.165, 1.54) is 28.4 Å². The fraction of sp³-hybridized carbons (Fsp3) is 0.714. The number of rotatable bonds is 7. The number of hydrogen-bond donors (Lipinski definition) is 0. The van der Waals surface area contributed by atoms with Gasteiger partial charge in [-0.3, -0.25) is 13.9 Å². The standard InChI is InChI=1S/C14H23ClN2O2/c1-4-5-6-7-8-9-10-17-13(18)12(15)11(2)16(3)14(17)19/h4-10H2,1-3H3. The van der Waals surface area contributed by atoms with Crippen molar-refractivity contribution in [1.29, 1.82) is 0 Å². The lowest BCUT2D eigenvalue weighted by Gasteiger charge is -2.10. The summed E-state index contributed by atoms with van der Waals surface area (Å²) in [6.07, 6.45) is 6.73. The Labute approximate surface area is 119 Å². The maximum atomic E-state index is 12.0. The molecule has 0 bridgehead atoms. The Bertz CT molecular complexity index is 494. The third-order valence-corrected chi connectivity index (χ3v) is 3.94. The SMILES string of the molecule is CCCCCCCCn1c(=O)c(Cl)c(C)n(C)c1=O. The molecule has 0 radical (unpaired) electrons. The Morgan fingerprint density at radius 1 is 1.05 bits per heavy atom. The first-order valence-electron chi connectivity index (χ1n) is 6.96. The van der Waals surface area contributed by atoms with Crippen molar-refractivity contribution in [2.75, 3.05) is 0 Å². The molecule has 0 aliphatic rings. The van der Waals surface area contributed by atoms with E-state index in [9.17, 15) is 9.59 Å². The molecule has 0 N–H and O–H groups in total. The van der Waals surface area contributed by atoms with Crippen molar-refractivity contribution >= 4 is 11.6 Å². The highest BCUT2D eigenvalue weighted by atomic mass is 35.5. The van der Waals surface area contributed by atoms with Crippen molar-refractivity contribution in [3.8, 4) is 0 Å². The van der Waals surface area contributed by atoms with E-state index in [0.717, 1.165) is 19.3 Å². The fourth-order valence-electron chi connectivity index (χ4n) is 2.08. The monoisotopic (exact) mass is 286 g/mol. The van der Waals surface area contributed by atoms with Gasteiger partial charge in [0.2, 0.25) is 0 Å². The molecule has 0 saturated carbocycles. The molecule has 0 saturated heterocycles. The lowest BCUT2D eigenvalue weighted by Crippen LogP contribution is -2.40. The highest BCUT2D eigenvalue weighted by Crippen LogP contribution is 2.07. The van der Waals surface area contributed by atoms with Crippen LogP contribution in [0.25, 0.3) is 0 Å². The molecule has 1 aromatic rings. The molecule has 1 rings (SSSR count). The van der Waals surface area contributed by atoms with E-state index in [4.69, 9.17) is 11.6 Å². The highest BCUT2D eigenvalue weighted by molar-refractivity contribution is 6.30. The normalized spacial score (nSPS) is 10.9. The first-order valence-corrected chi connectivity index (χ1v) is 7.34. The van der Waals surface area contributed by atoms with Crippen LogP contribution in [0, 0.1) is 6.92 Å². The number of aromatic nitrogens is 2. The second-order valence-corrected chi connectivity index (χ2v) is 5.34. The van der Waals surface area contributed by atoms with Crippen molar-refractivity contribution in [1.82, 2.24) is 9.13 Å². The van der Waals surface area contributed by atoms with Crippen molar-refractivity contribution in [2.45, 2.75) is 58.9 Å². The van der Waals surface area contributed by atoms with E-state index in [1.807, 2.05) is 0 Å². The van der Waals surface area contributed by atoms with Crippen molar-refractivity contribution in [2.24, 2.45) is 7.05 Å². The molecule has 0 amide bonds. The van der Waals surface area contributed by atoms with Gasteiger partial charge in [0.1, 0.15) is 5.02 Å². The lowest BCUT2D eigenvalue weighted by molar-refractivity contribution is 0.518. The third kappa shape index (κ3) is 3.96. The van der Waals surface area contributed by atoms with Crippen LogP contribution in [-0.2, 0) is 13.6 Å². The van der Waals surface area contributed by atoms with Crippen molar-refractivity contribution in [3.05, 3.63) is 31.6 Å². The zero-order valence-corrected chi connectivity index (χ0v) is 12.8. The second-order valence-electron chi connectivity index (χ2n) is 4.97. The molecule has 0 aliphatic carbocycles. The summed E-state index contributed by atoms with van der Waals surface area (Å²) in [4.78, 5) is 23.9. The molecule has 0 aliphatic heterocycles. The first kappa shape index (κ1) is 16.0. The van der Waals surface area contributed by atoms with Gasteiger partial charge in [0.25, 0.3) is 5.56 Å². The smallest absolute Gasteiger partial charge is 0.299 e. The van der Waals surface area contributed by atoms with Crippen LogP contribution in [0.4, 0.5) is 0 Å². The van der Waals surface area contributed by atoms with E-state index in [0.29, 0.717) is 12.2 Å². The van der Waals surface area contributed by atoms with E-state index in [1.54, 1.807) is 14.0 Å². The fourth-order valence-corrected chi connectivity index (χ4v) is 2.31. The van der Waals surface area contributed by atoms with Crippen LogP contribution in [-0.4, -0.2) is 9.13 Å². The zero-order chi connectivity index (χ0) is 14.4.